The highest BCUT2D eigenvalue weighted by atomic mass is 15.3. The number of likely N-dealkylation sites (N-methyl/N-ethyl adjacent to an activating group) is 1. The fourth-order valence-electron chi connectivity index (χ4n) is 2.44. The molecule has 0 bridgehead atoms. The van der Waals surface area contributed by atoms with Gasteiger partial charge in [-0.3, -0.25) is 0 Å². The molecule has 1 aliphatic heterocycles. The van der Waals surface area contributed by atoms with Gasteiger partial charge >= 0.3 is 0 Å². The van der Waals surface area contributed by atoms with E-state index in [1.165, 1.54) is 12.0 Å². The van der Waals surface area contributed by atoms with Crippen molar-refractivity contribution in [2.75, 3.05) is 32.1 Å². The van der Waals surface area contributed by atoms with Gasteiger partial charge in [-0.05, 0) is 38.2 Å². The van der Waals surface area contributed by atoms with Gasteiger partial charge in [-0.1, -0.05) is 13.8 Å². The first-order valence-electron chi connectivity index (χ1n) is 7.16. The lowest BCUT2D eigenvalue weighted by atomic mass is 10.2. The molecule has 0 amide bonds. The van der Waals surface area contributed by atoms with Gasteiger partial charge in [-0.2, -0.15) is 0 Å². The summed E-state index contributed by atoms with van der Waals surface area (Å²) in [4.78, 5) is 9.22. The van der Waals surface area contributed by atoms with Crippen molar-refractivity contribution in [2.45, 2.75) is 38.9 Å². The van der Waals surface area contributed by atoms with Crippen LogP contribution in [0.3, 0.4) is 0 Å². The van der Waals surface area contributed by atoms with Crippen LogP contribution in [-0.4, -0.2) is 49.2 Å². The van der Waals surface area contributed by atoms with E-state index in [9.17, 15) is 0 Å². The van der Waals surface area contributed by atoms with E-state index in [2.05, 4.69) is 60.2 Å². The molecule has 106 valence electrons. The summed E-state index contributed by atoms with van der Waals surface area (Å²) in [6, 6.07) is 5.48. The molecular formula is C15H26N4. The van der Waals surface area contributed by atoms with Crippen molar-refractivity contribution in [3.8, 4) is 0 Å². The molecule has 1 fully saturated rings. The molecule has 1 aromatic rings. The number of aromatic nitrogens is 1. The molecule has 19 heavy (non-hydrogen) atoms. The summed E-state index contributed by atoms with van der Waals surface area (Å²) >= 11 is 0. The summed E-state index contributed by atoms with van der Waals surface area (Å²) in [5.74, 6) is 1.12. The van der Waals surface area contributed by atoms with Crippen LogP contribution in [0.25, 0.3) is 0 Å². The molecule has 0 saturated carbocycles. The van der Waals surface area contributed by atoms with Crippen LogP contribution in [0.1, 0.15) is 25.8 Å². The third-order valence-electron chi connectivity index (χ3n) is 3.74. The first kappa shape index (κ1) is 14.3. The van der Waals surface area contributed by atoms with Gasteiger partial charge in [0.25, 0.3) is 0 Å². The van der Waals surface area contributed by atoms with Gasteiger partial charge in [0.1, 0.15) is 5.82 Å². The van der Waals surface area contributed by atoms with Crippen LogP contribution in [0.5, 0.6) is 0 Å². The van der Waals surface area contributed by atoms with Crippen LogP contribution in [0.15, 0.2) is 18.3 Å². The Morgan fingerprint density at radius 2 is 2.26 bits per heavy atom. The Bertz CT molecular complexity index is 403. The van der Waals surface area contributed by atoms with Crippen LogP contribution in [-0.2, 0) is 6.54 Å². The summed E-state index contributed by atoms with van der Waals surface area (Å²) in [6.07, 6.45) is 3.15. The maximum absolute atomic E-state index is 4.52. The monoisotopic (exact) mass is 262 g/mol. The number of pyridine rings is 1. The summed E-state index contributed by atoms with van der Waals surface area (Å²) in [6.45, 7) is 7.45. The Morgan fingerprint density at radius 3 is 2.89 bits per heavy atom. The molecule has 1 saturated heterocycles. The van der Waals surface area contributed by atoms with Gasteiger partial charge in [0, 0.05) is 37.9 Å². The van der Waals surface area contributed by atoms with Crippen molar-refractivity contribution < 1.29 is 0 Å². The van der Waals surface area contributed by atoms with E-state index in [0.717, 1.165) is 25.5 Å². The largest absolute Gasteiger partial charge is 0.355 e. The molecule has 1 unspecified atom stereocenters. The number of anilines is 1. The molecule has 2 heterocycles. The SMILES string of the molecule is CC(C)NCc1ccnc(N2CCC(N(C)C)C2)c1. The zero-order valence-corrected chi connectivity index (χ0v) is 12.6. The van der Waals surface area contributed by atoms with Crippen molar-refractivity contribution in [1.29, 1.82) is 0 Å². The molecule has 1 aromatic heterocycles. The van der Waals surface area contributed by atoms with Gasteiger partial charge in [-0.25, -0.2) is 4.98 Å². The van der Waals surface area contributed by atoms with Gasteiger partial charge in [-0.15, -0.1) is 0 Å². The van der Waals surface area contributed by atoms with Crippen molar-refractivity contribution in [2.24, 2.45) is 0 Å². The minimum Gasteiger partial charge on any atom is -0.355 e. The quantitative estimate of drug-likeness (QED) is 0.875. The molecule has 1 N–H and O–H groups in total. The van der Waals surface area contributed by atoms with Crippen molar-refractivity contribution >= 4 is 5.82 Å². The second-order valence-corrected chi connectivity index (χ2v) is 5.91. The number of hydrogen-bond acceptors (Lipinski definition) is 4. The zero-order valence-electron chi connectivity index (χ0n) is 12.6. The van der Waals surface area contributed by atoms with E-state index >= 15 is 0 Å². The summed E-state index contributed by atoms with van der Waals surface area (Å²) in [7, 11) is 4.31. The fourth-order valence-corrected chi connectivity index (χ4v) is 2.44. The first-order valence-corrected chi connectivity index (χ1v) is 7.16. The van der Waals surface area contributed by atoms with Crippen LogP contribution in [0.2, 0.25) is 0 Å². The Hall–Kier alpha value is -1.13. The molecule has 1 aliphatic rings. The lowest BCUT2D eigenvalue weighted by Crippen LogP contribution is -2.31. The number of nitrogens with one attached hydrogen (secondary N) is 1. The number of hydrogen-bond donors (Lipinski definition) is 1. The second-order valence-electron chi connectivity index (χ2n) is 5.91. The minimum absolute atomic E-state index is 0.515. The van der Waals surface area contributed by atoms with Gasteiger partial charge in [0.2, 0.25) is 0 Å². The Labute approximate surface area is 116 Å². The average molecular weight is 262 g/mol. The second kappa shape index (κ2) is 6.35. The van der Waals surface area contributed by atoms with Crippen molar-refractivity contribution in [3.05, 3.63) is 23.9 Å². The third-order valence-corrected chi connectivity index (χ3v) is 3.74. The molecule has 0 radical (unpaired) electrons. The average Bonchev–Trinajstić information content (AvgIpc) is 2.86. The Balaban J connectivity index is 1.99. The normalized spacial score (nSPS) is 19.7. The van der Waals surface area contributed by atoms with E-state index in [1.54, 1.807) is 0 Å². The lowest BCUT2D eigenvalue weighted by molar-refractivity contribution is 0.315. The van der Waals surface area contributed by atoms with Crippen molar-refractivity contribution in [3.63, 3.8) is 0 Å². The van der Waals surface area contributed by atoms with Gasteiger partial charge in [0.05, 0.1) is 0 Å². The van der Waals surface area contributed by atoms with E-state index in [4.69, 9.17) is 0 Å². The van der Waals surface area contributed by atoms with E-state index < -0.39 is 0 Å². The smallest absolute Gasteiger partial charge is 0.128 e. The fraction of sp³-hybridized carbons (Fsp3) is 0.667. The van der Waals surface area contributed by atoms with Crippen LogP contribution in [0.4, 0.5) is 5.82 Å². The summed E-state index contributed by atoms with van der Waals surface area (Å²) < 4.78 is 0. The van der Waals surface area contributed by atoms with Crippen LogP contribution in [0, 0.1) is 0 Å². The lowest BCUT2D eigenvalue weighted by Gasteiger charge is -2.21. The zero-order chi connectivity index (χ0) is 13.8. The topological polar surface area (TPSA) is 31.4 Å². The molecule has 4 heteroatoms. The third kappa shape index (κ3) is 3.91. The highest BCUT2D eigenvalue weighted by Crippen LogP contribution is 2.20. The molecule has 0 aliphatic carbocycles. The molecule has 1 atom stereocenters. The number of nitrogens with zero attached hydrogens (tertiary/aromatic N) is 3. The maximum atomic E-state index is 4.52. The van der Waals surface area contributed by atoms with E-state index in [0.29, 0.717) is 12.1 Å². The maximum Gasteiger partial charge on any atom is 0.128 e. The predicted octanol–water partition coefficient (Wildman–Crippen LogP) is 1.72. The highest BCUT2D eigenvalue weighted by molar-refractivity contribution is 5.42. The minimum atomic E-state index is 0.515. The van der Waals surface area contributed by atoms with E-state index in [-0.39, 0.29) is 0 Å². The summed E-state index contributed by atoms with van der Waals surface area (Å²) in [5.41, 5.74) is 1.31. The van der Waals surface area contributed by atoms with E-state index in [1.807, 2.05) is 6.20 Å². The van der Waals surface area contributed by atoms with Crippen LogP contribution < -0.4 is 10.2 Å². The Morgan fingerprint density at radius 1 is 1.47 bits per heavy atom. The Kier molecular flexibility index (Phi) is 4.77. The van der Waals surface area contributed by atoms with Crippen LogP contribution >= 0.6 is 0 Å². The molecule has 4 nitrogen and oxygen atoms in total. The summed E-state index contributed by atoms with van der Waals surface area (Å²) in [5, 5.41) is 3.45. The molecule has 0 spiro atoms. The molecular weight excluding hydrogens is 236 g/mol. The predicted molar refractivity (Wildman–Crippen MR) is 80.5 cm³/mol. The van der Waals surface area contributed by atoms with Gasteiger partial charge in [0.15, 0.2) is 0 Å². The highest BCUT2D eigenvalue weighted by Gasteiger charge is 2.24. The number of rotatable bonds is 5. The molecule has 2 rings (SSSR count). The van der Waals surface area contributed by atoms with Gasteiger partial charge < -0.3 is 15.1 Å². The standard InChI is InChI=1S/C15H26N4/c1-12(2)17-10-13-5-7-16-15(9-13)19-8-6-14(11-19)18(3)4/h5,7,9,12,14,17H,6,8,10-11H2,1-4H3. The molecule has 0 aromatic carbocycles. The van der Waals surface area contributed by atoms with Crippen molar-refractivity contribution in [1.82, 2.24) is 15.2 Å². The first-order chi connectivity index (χ1) is 9.06.